The normalized spacial score (nSPS) is 12.4. The van der Waals surface area contributed by atoms with E-state index in [9.17, 15) is 5.11 Å². The number of aliphatic hydroxyl groups excluding tert-OH is 1. The molecule has 0 saturated heterocycles. The number of hydrogen-bond acceptors (Lipinski definition) is 3. The van der Waals surface area contributed by atoms with Crippen molar-refractivity contribution in [1.29, 1.82) is 0 Å². The van der Waals surface area contributed by atoms with Gasteiger partial charge in [-0.3, -0.25) is 0 Å². The molecule has 82 valence electrons. The molecule has 0 aliphatic carbocycles. The number of nitrogens with zero attached hydrogens (tertiary/aromatic N) is 2. The van der Waals surface area contributed by atoms with Gasteiger partial charge in [0.15, 0.2) is 0 Å². The topological polar surface area (TPSA) is 46.0 Å². The molecule has 0 aliphatic rings. The van der Waals surface area contributed by atoms with Gasteiger partial charge < -0.3 is 5.11 Å². The molecule has 0 aliphatic heterocycles. The Morgan fingerprint density at radius 3 is 2.62 bits per heavy atom. The van der Waals surface area contributed by atoms with Crippen LogP contribution in [0.15, 0.2) is 36.9 Å². The molecule has 0 fully saturated rings. The Labute approximate surface area is 98.8 Å². The molecular weight excluding hydrogens is 224 g/mol. The van der Waals surface area contributed by atoms with E-state index in [-0.39, 0.29) is 0 Å². The summed E-state index contributed by atoms with van der Waals surface area (Å²) in [5.41, 5.74) is 2.25. The van der Waals surface area contributed by atoms with E-state index in [4.69, 9.17) is 11.6 Å². The van der Waals surface area contributed by atoms with Crippen LogP contribution in [-0.2, 0) is 0 Å². The minimum atomic E-state index is -0.784. The van der Waals surface area contributed by atoms with Crippen molar-refractivity contribution in [2.75, 3.05) is 0 Å². The van der Waals surface area contributed by atoms with E-state index in [1.54, 1.807) is 18.5 Å². The highest BCUT2D eigenvalue weighted by Gasteiger charge is 2.15. The third-order valence-electron chi connectivity index (χ3n) is 2.41. The first kappa shape index (κ1) is 11.0. The Morgan fingerprint density at radius 2 is 1.94 bits per heavy atom. The van der Waals surface area contributed by atoms with Crippen molar-refractivity contribution in [2.45, 2.75) is 13.0 Å². The number of hydrogen-bond donors (Lipinski definition) is 1. The van der Waals surface area contributed by atoms with Gasteiger partial charge in [-0.15, -0.1) is 0 Å². The lowest BCUT2D eigenvalue weighted by molar-refractivity contribution is 0.219. The number of halogens is 1. The van der Waals surface area contributed by atoms with Gasteiger partial charge in [-0.1, -0.05) is 29.8 Å². The summed E-state index contributed by atoms with van der Waals surface area (Å²) in [4.78, 5) is 7.74. The molecule has 1 heterocycles. The van der Waals surface area contributed by atoms with Crippen LogP contribution in [0.4, 0.5) is 0 Å². The van der Waals surface area contributed by atoms with Gasteiger partial charge >= 0.3 is 0 Å². The first-order chi connectivity index (χ1) is 7.70. The molecule has 3 nitrogen and oxygen atoms in total. The summed E-state index contributed by atoms with van der Waals surface area (Å²) in [6.45, 7) is 1.90. The van der Waals surface area contributed by atoms with E-state index in [0.29, 0.717) is 16.1 Å². The summed E-state index contributed by atoms with van der Waals surface area (Å²) in [5.74, 6) is 0. The summed E-state index contributed by atoms with van der Waals surface area (Å²) < 4.78 is 0. The molecule has 0 radical (unpaired) electrons. The number of rotatable bonds is 2. The molecular formula is C12H11ClN2O. The Kier molecular flexibility index (Phi) is 3.17. The van der Waals surface area contributed by atoms with E-state index in [2.05, 4.69) is 9.97 Å². The van der Waals surface area contributed by atoms with Crippen molar-refractivity contribution in [3.8, 4) is 0 Å². The zero-order valence-corrected chi connectivity index (χ0v) is 9.52. The summed E-state index contributed by atoms with van der Waals surface area (Å²) in [5, 5.41) is 10.7. The lowest BCUT2D eigenvalue weighted by Crippen LogP contribution is -2.02. The fourth-order valence-corrected chi connectivity index (χ4v) is 1.74. The fourth-order valence-electron chi connectivity index (χ4n) is 1.51. The molecule has 1 aromatic carbocycles. The van der Waals surface area contributed by atoms with Gasteiger partial charge in [0.25, 0.3) is 0 Å². The predicted octanol–water partition coefficient (Wildman–Crippen LogP) is 2.52. The Bertz CT molecular complexity index is 488. The summed E-state index contributed by atoms with van der Waals surface area (Å²) in [6, 6.07) is 5.57. The number of aryl methyl sites for hydroxylation is 1. The smallest absolute Gasteiger partial charge is 0.115 e. The highest BCUT2D eigenvalue weighted by Crippen LogP contribution is 2.29. The molecule has 0 amide bonds. The van der Waals surface area contributed by atoms with Crippen LogP contribution in [0.25, 0.3) is 0 Å². The van der Waals surface area contributed by atoms with Crippen molar-refractivity contribution >= 4 is 11.6 Å². The Balaban J connectivity index is 2.42. The second-order valence-corrected chi connectivity index (χ2v) is 3.93. The van der Waals surface area contributed by atoms with Gasteiger partial charge in [-0.05, 0) is 12.5 Å². The molecule has 0 bridgehead atoms. The van der Waals surface area contributed by atoms with Crippen molar-refractivity contribution < 1.29 is 5.11 Å². The third-order valence-corrected chi connectivity index (χ3v) is 2.93. The van der Waals surface area contributed by atoms with E-state index >= 15 is 0 Å². The van der Waals surface area contributed by atoms with Crippen molar-refractivity contribution in [3.05, 3.63) is 58.6 Å². The van der Waals surface area contributed by atoms with E-state index in [1.165, 1.54) is 6.33 Å². The molecule has 1 aromatic heterocycles. The minimum absolute atomic E-state index is 0.582. The lowest BCUT2D eigenvalue weighted by atomic mass is 10.0. The third kappa shape index (κ3) is 2.05. The number of aromatic nitrogens is 2. The molecule has 1 atom stereocenters. The second-order valence-electron chi connectivity index (χ2n) is 3.55. The van der Waals surface area contributed by atoms with Crippen molar-refractivity contribution in [2.24, 2.45) is 0 Å². The van der Waals surface area contributed by atoms with Crippen molar-refractivity contribution in [1.82, 2.24) is 9.97 Å². The van der Waals surface area contributed by atoms with Crippen LogP contribution in [0.5, 0.6) is 0 Å². The van der Waals surface area contributed by atoms with Gasteiger partial charge in [0.2, 0.25) is 0 Å². The van der Waals surface area contributed by atoms with E-state index < -0.39 is 6.10 Å². The Morgan fingerprint density at radius 1 is 1.25 bits per heavy atom. The van der Waals surface area contributed by atoms with E-state index in [1.807, 2.05) is 19.1 Å². The van der Waals surface area contributed by atoms with Gasteiger partial charge in [-0.2, -0.15) is 0 Å². The standard InChI is InChI=1S/C12H11ClN2O/c1-8-3-2-4-10(11(8)13)12(16)9-5-14-7-15-6-9/h2-7,12,16H,1H3. The first-order valence-electron chi connectivity index (χ1n) is 4.88. The maximum Gasteiger partial charge on any atom is 0.115 e. The first-order valence-corrected chi connectivity index (χ1v) is 5.26. The van der Waals surface area contributed by atoms with Crippen molar-refractivity contribution in [3.63, 3.8) is 0 Å². The predicted molar refractivity (Wildman–Crippen MR) is 62.3 cm³/mol. The molecule has 1 N–H and O–H groups in total. The lowest BCUT2D eigenvalue weighted by Gasteiger charge is -2.13. The van der Waals surface area contributed by atoms with Crippen LogP contribution in [0.3, 0.4) is 0 Å². The zero-order valence-electron chi connectivity index (χ0n) is 8.76. The molecule has 0 spiro atoms. The molecule has 2 aromatic rings. The molecule has 2 rings (SSSR count). The quantitative estimate of drug-likeness (QED) is 0.869. The van der Waals surface area contributed by atoms with Crippen LogP contribution in [0.1, 0.15) is 22.8 Å². The molecule has 16 heavy (non-hydrogen) atoms. The molecule has 0 saturated carbocycles. The maximum absolute atomic E-state index is 10.1. The fraction of sp³-hybridized carbons (Fsp3) is 0.167. The second kappa shape index (κ2) is 4.60. The highest BCUT2D eigenvalue weighted by molar-refractivity contribution is 6.32. The van der Waals surface area contributed by atoms with Crippen LogP contribution in [0.2, 0.25) is 5.02 Å². The number of benzene rings is 1. The van der Waals surface area contributed by atoms with Gasteiger partial charge in [0.1, 0.15) is 12.4 Å². The van der Waals surface area contributed by atoms with Crippen LogP contribution in [0, 0.1) is 6.92 Å². The van der Waals surface area contributed by atoms with E-state index in [0.717, 1.165) is 5.56 Å². The Hall–Kier alpha value is -1.45. The summed E-state index contributed by atoms with van der Waals surface area (Å²) >= 11 is 6.14. The van der Waals surface area contributed by atoms with Crippen LogP contribution >= 0.6 is 11.6 Å². The molecule has 4 heteroatoms. The van der Waals surface area contributed by atoms with Gasteiger partial charge in [0, 0.05) is 28.5 Å². The monoisotopic (exact) mass is 234 g/mol. The SMILES string of the molecule is Cc1cccc(C(O)c2cncnc2)c1Cl. The highest BCUT2D eigenvalue weighted by atomic mass is 35.5. The average molecular weight is 235 g/mol. The van der Waals surface area contributed by atoms with Gasteiger partial charge in [-0.25, -0.2) is 9.97 Å². The largest absolute Gasteiger partial charge is 0.383 e. The zero-order chi connectivity index (χ0) is 11.5. The van der Waals surface area contributed by atoms with Crippen LogP contribution < -0.4 is 0 Å². The minimum Gasteiger partial charge on any atom is -0.383 e. The average Bonchev–Trinajstić information content (AvgIpc) is 2.33. The number of aliphatic hydroxyl groups is 1. The van der Waals surface area contributed by atoms with Gasteiger partial charge in [0.05, 0.1) is 0 Å². The summed E-state index contributed by atoms with van der Waals surface area (Å²) in [7, 11) is 0. The maximum atomic E-state index is 10.1. The molecule has 1 unspecified atom stereocenters. The van der Waals surface area contributed by atoms with Crippen LogP contribution in [-0.4, -0.2) is 15.1 Å². The summed E-state index contributed by atoms with van der Waals surface area (Å²) in [6.07, 6.45) is 3.80.